The first-order valence-electron chi connectivity index (χ1n) is 9.14. The van der Waals surface area contributed by atoms with Crippen molar-refractivity contribution in [3.8, 4) is 0 Å². The van der Waals surface area contributed by atoms with Gasteiger partial charge >= 0.3 is 0 Å². The molecule has 0 aromatic carbocycles. The quantitative estimate of drug-likeness (QED) is 0.601. The Morgan fingerprint density at radius 3 is 2.68 bits per heavy atom. The van der Waals surface area contributed by atoms with E-state index in [1.54, 1.807) is 23.1 Å². The van der Waals surface area contributed by atoms with E-state index in [9.17, 15) is 4.79 Å². The number of fused-ring (bicyclic) bond motifs is 1. The first-order valence-corrected chi connectivity index (χ1v) is 10.8. The zero-order valence-electron chi connectivity index (χ0n) is 15.5. The van der Waals surface area contributed by atoms with Crippen LogP contribution in [0.2, 0.25) is 0 Å². The lowest BCUT2D eigenvalue weighted by Gasteiger charge is -2.22. The molecule has 1 amide bonds. The number of amides is 1. The lowest BCUT2D eigenvalue weighted by Crippen LogP contribution is -2.35. The van der Waals surface area contributed by atoms with E-state index in [1.165, 1.54) is 42.5 Å². The Balaban J connectivity index is 1.68. The molecule has 1 fully saturated rings. The maximum Gasteiger partial charge on any atom is 0.233 e. The third-order valence-electron chi connectivity index (χ3n) is 5.05. The van der Waals surface area contributed by atoms with Crippen molar-refractivity contribution in [2.75, 3.05) is 6.54 Å². The number of hydrogen-bond acceptors (Lipinski definition) is 5. The molecule has 0 saturated heterocycles. The molecular weight excluding hydrogens is 350 g/mol. The average Bonchev–Trinajstić information content (AvgIpc) is 2.87. The highest BCUT2D eigenvalue weighted by Crippen LogP contribution is 2.36. The summed E-state index contributed by atoms with van der Waals surface area (Å²) in [5, 5.41) is 5.05. The van der Waals surface area contributed by atoms with Crippen molar-refractivity contribution in [2.45, 2.75) is 70.1 Å². The number of nitrogens with zero attached hydrogens (tertiary/aromatic N) is 2. The fraction of sp³-hybridized carbons (Fsp3) is 0.632. The van der Waals surface area contributed by atoms with Gasteiger partial charge < -0.3 is 5.32 Å². The van der Waals surface area contributed by atoms with Crippen molar-refractivity contribution in [1.82, 2.24) is 15.3 Å². The summed E-state index contributed by atoms with van der Waals surface area (Å²) >= 11 is 3.26. The van der Waals surface area contributed by atoms with E-state index in [2.05, 4.69) is 29.1 Å². The first-order chi connectivity index (χ1) is 12.0. The van der Waals surface area contributed by atoms with Crippen molar-refractivity contribution in [1.29, 1.82) is 0 Å². The van der Waals surface area contributed by atoms with Gasteiger partial charge in [0.25, 0.3) is 0 Å². The van der Waals surface area contributed by atoms with Crippen LogP contribution in [-0.2, 0) is 4.79 Å². The third kappa shape index (κ3) is 4.34. The second kappa shape index (κ2) is 8.04. The van der Waals surface area contributed by atoms with E-state index in [1.807, 2.05) is 13.8 Å². The number of carbonyl (C=O) groups is 1. The molecule has 2 aromatic heterocycles. The molecule has 0 radical (unpaired) electrons. The number of rotatable bonds is 5. The lowest BCUT2D eigenvalue weighted by molar-refractivity contribution is -0.120. The van der Waals surface area contributed by atoms with Crippen molar-refractivity contribution < 1.29 is 4.79 Å². The molecule has 25 heavy (non-hydrogen) atoms. The molecule has 0 unspecified atom stereocenters. The van der Waals surface area contributed by atoms with Crippen LogP contribution in [0.1, 0.15) is 55.3 Å². The Bertz CT molecular complexity index is 766. The summed E-state index contributed by atoms with van der Waals surface area (Å²) in [7, 11) is 0. The minimum atomic E-state index is -0.152. The Morgan fingerprint density at radius 2 is 1.96 bits per heavy atom. The van der Waals surface area contributed by atoms with Gasteiger partial charge in [-0.1, -0.05) is 31.0 Å². The predicted octanol–water partition coefficient (Wildman–Crippen LogP) is 4.79. The predicted molar refractivity (Wildman–Crippen MR) is 107 cm³/mol. The normalized spacial score (nSPS) is 17.0. The molecule has 3 rings (SSSR count). The fourth-order valence-electron chi connectivity index (χ4n) is 3.40. The Morgan fingerprint density at radius 1 is 1.24 bits per heavy atom. The van der Waals surface area contributed by atoms with Crippen molar-refractivity contribution in [3.05, 3.63) is 16.3 Å². The van der Waals surface area contributed by atoms with Gasteiger partial charge in [0, 0.05) is 16.8 Å². The van der Waals surface area contributed by atoms with Gasteiger partial charge in [-0.2, -0.15) is 0 Å². The number of carbonyl (C=O) groups excluding carboxylic acids is 1. The van der Waals surface area contributed by atoms with Crippen LogP contribution in [0.15, 0.2) is 5.03 Å². The number of thiophene rings is 1. The molecule has 136 valence electrons. The van der Waals surface area contributed by atoms with Crippen LogP contribution in [0.4, 0.5) is 0 Å². The molecule has 1 N–H and O–H groups in total. The van der Waals surface area contributed by atoms with Crippen LogP contribution in [-0.4, -0.2) is 27.7 Å². The highest BCUT2D eigenvalue weighted by atomic mass is 32.2. The zero-order chi connectivity index (χ0) is 18.0. The van der Waals surface area contributed by atoms with E-state index in [4.69, 9.17) is 0 Å². The number of hydrogen-bond donors (Lipinski definition) is 1. The topological polar surface area (TPSA) is 54.9 Å². The maximum absolute atomic E-state index is 12.5. The van der Waals surface area contributed by atoms with Crippen LogP contribution in [0.5, 0.6) is 0 Å². The molecule has 2 aromatic rings. The zero-order valence-corrected chi connectivity index (χ0v) is 17.1. The summed E-state index contributed by atoms with van der Waals surface area (Å²) in [6, 6.07) is 0. The second-order valence-electron chi connectivity index (χ2n) is 7.05. The highest BCUT2D eigenvalue weighted by molar-refractivity contribution is 8.00. The third-order valence-corrected chi connectivity index (χ3v) is 7.24. The van der Waals surface area contributed by atoms with Crippen LogP contribution in [0, 0.1) is 26.7 Å². The van der Waals surface area contributed by atoms with E-state index in [0.717, 1.165) is 27.6 Å². The number of nitrogens with one attached hydrogen (secondary N) is 1. The summed E-state index contributed by atoms with van der Waals surface area (Å²) < 4.78 is 0. The molecule has 0 aliphatic heterocycles. The standard InChI is InChI=1S/C19H27N3OS2/c1-11-12(2)24-18-16(11)19(22-14(4)21-18)25-13(3)17(23)20-10-15-8-6-5-7-9-15/h13,15H,5-10H2,1-4H3,(H,20,23)/t13-/m1/s1. The minimum absolute atomic E-state index is 0.115. The van der Waals surface area contributed by atoms with Gasteiger partial charge in [-0.25, -0.2) is 9.97 Å². The van der Waals surface area contributed by atoms with Crippen LogP contribution < -0.4 is 5.32 Å². The van der Waals surface area contributed by atoms with Gasteiger partial charge in [0.1, 0.15) is 15.7 Å². The van der Waals surface area contributed by atoms with Crippen molar-refractivity contribution >= 4 is 39.2 Å². The molecule has 0 spiro atoms. The van der Waals surface area contributed by atoms with Gasteiger partial charge in [-0.15, -0.1) is 11.3 Å². The molecule has 2 heterocycles. The van der Waals surface area contributed by atoms with E-state index < -0.39 is 0 Å². The molecule has 1 atom stereocenters. The fourth-order valence-corrected chi connectivity index (χ4v) is 5.62. The lowest BCUT2D eigenvalue weighted by atomic mass is 9.89. The number of thioether (sulfide) groups is 1. The highest BCUT2D eigenvalue weighted by Gasteiger charge is 2.21. The minimum Gasteiger partial charge on any atom is -0.355 e. The second-order valence-corrected chi connectivity index (χ2v) is 9.58. The smallest absolute Gasteiger partial charge is 0.233 e. The first kappa shape index (κ1) is 18.6. The molecule has 4 nitrogen and oxygen atoms in total. The SMILES string of the molecule is Cc1nc(S[C@H](C)C(=O)NCC2CCCCC2)c2c(C)c(C)sc2n1. The average molecular weight is 378 g/mol. The van der Waals surface area contributed by atoms with Gasteiger partial charge in [-0.3, -0.25) is 4.79 Å². The summed E-state index contributed by atoms with van der Waals surface area (Å²) in [5.74, 6) is 1.54. The van der Waals surface area contributed by atoms with E-state index in [0.29, 0.717) is 5.92 Å². The summed E-state index contributed by atoms with van der Waals surface area (Å²) in [6.07, 6.45) is 6.46. The van der Waals surface area contributed by atoms with Crippen LogP contribution in [0.25, 0.3) is 10.2 Å². The molecular formula is C19H27N3OS2. The monoisotopic (exact) mass is 377 g/mol. The van der Waals surface area contributed by atoms with E-state index >= 15 is 0 Å². The van der Waals surface area contributed by atoms with Crippen molar-refractivity contribution in [3.63, 3.8) is 0 Å². The summed E-state index contributed by atoms with van der Waals surface area (Å²) in [4.78, 5) is 24.0. The van der Waals surface area contributed by atoms with Gasteiger partial charge in [0.05, 0.1) is 5.25 Å². The molecule has 1 aliphatic carbocycles. The number of aromatic nitrogens is 2. The van der Waals surface area contributed by atoms with Crippen molar-refractivity contribution in [2.24, 2.45) is 5.92 Å². The number of aryl methyl sites for hydroxylation is 3. The molecule has 1 aliphatic rings. The molecule has 6 heteroatoms. The van der Waals surface area contributed by atoms with Crippen LogP contribution >= 0.6 is 23.1 Å². The maximum atomic E-state index is 12.5. The van der Waals surface area contributed by atoms with E-state index in [-0.39, 0.29) is 11.2 Å². The van der Waals surface area contributed by atoms with Gasteiger partial charge in [-0.05, 0) is 52.0 Å². The van der Waals surface area contributed by atoms with Crippen LogP contribution in [0.3, 0.4) is 0 Å². The Labute approximate surface area is 158 Å². The molecule has 1 saturated carbocycles. The van der Waals surface area contributed by atoms with Gasteiger partial charge in [0.2, 0.25) is 5.91 Å². The summed E-state index contributed by atoms with van der Waals surface area (Å²) in [6.45, 7) is 8.94. The Hall–Kier alpha value is -1.14. The largest absolute Gasteiger partial charge is 0.355 e. The summed E-state index contributed by atoms with van der Waals surface area (Å²) in [5.41, 5.74) is 1.23. The molecule has 0 bridgehead atoms. The van der Waals surface area contributed by atoms with Gasteiger partial charge in [0.15, 0.2) is 0 Å². The Kier molecular flexibility index (Phi) is 6.00.